The van der Waals surface area contributed by atoms with Crippen LogP contribution in [0.1, 0.15) is 31.9 Å². The number of aliphatic hydroxyl groups is 1. The minimum atomic E-state index is -3.89. The quantitative estimate of drug-likeness (QED) is 0.644. The van der Waals surface area contributed by atoms with E-state index >= 15 is 0 Å². The van der Waals surface area contributed by atoms with Crippen LogP contribution in [-0.4, -0.2) is 72.5 Å². The highest BCUT2D eigenvalue weighted by Crippen LogP contribution is 2.34. The SMILES string of the molecule is C/C=C/c1ccc2c(c1)O[C@@H](CN(C)C(=O)Cc1cccnc1)[C@@H](C)CN([C@@H](C)CO)S2(=O)=O. The molecule has 2 heterocycles. The molecule has 0 aliphatic carbocycles. The van der Waals surface area contributed by atoms with Crippen molar-refractivity contribution in [2.24, 2.45) is 5.92 Å². The van der Waals surface area contributed by atoms with Crippen LogP contribution in [0, 0.1) is 5.92 Å². The lowest BCUT2D eigenvalue weighted by Gasteiger charge is -2.37. The first kappa shape index (κ1) is 25.9. The van der Waals surface area contributed by atoms with Crippen molar-refractivity contribution >= 4 is 22.0 Å². The highest BCUT2D eigenvalue weighted by Gasteiger charge is 2.38. The molecule has 0 unspecified atom stereocenters. The van der Waals surface area contributed by atoms with Crippen LogP contribution in [0.15, 0.2) is 53.7 Å². The van der Waals surface area contributed by atoms with E-state index in [0.717, 1.165) is 11.1 Å². The molecule has 3 atom stereocenters. The molecule has 34 heavy (non-hydrogen) atoms. The summed E-state index contributed by atoms with van der Waals surface area (Å²) in [5, 5.41) is 9.75. The third-order valence-corrected chi connectivity index (χ3v) is 8.03. The number of fused-ring (bicyclic) bond motifs is 1. The van der Waals surface area contributed by atoms with Gasteiger partial charge in [0.2, 0.25) is 15.9 Å². The van der Waals surface area contributed by atoms with E-state index in [2.05, 4.69) is 4.98 Å². The first-order chi connectivity index (χ1) is 16.2. The van der Waals surface area contributed by atoms with Gasteiger partial charge in [-0.05, 0) is 43.2 Å². The summed E-state index contributed by atoms with van der Waals surface area (Å²) in [4.78, 5) is 18.6. The molecule has 3 rings (SSSR count). The molecule has 0 saturated heterocycles. The monoisotopic (exact) mass is 487 g/mol. The highest BCUT2D eigenvalue weighted by molar-refractivity contribution is 7.89. The number of hydrogen-bond donors (Lipinski definition) is 1. The third-order valence-electron chi connectivity index (χ3n) is 6.01. The standard InChI is InChI=1S/C25H33N3O5S/c1-5-7-20-9-10-24-22(12-20)33-23(18(2)15-28(19(3)17-29)34(24,31)32)16-27(4)25(30)13-21-8-6-11-26-14-21/h5-12,14,18-19,23,29H,13,15-17H2,1-4H3/b7-5+/t18-,19-,23-/m0/s1. The molecular formula is C25H33N3O5S. The number of hydrogen-bond acceptors (Lipinski definition) is 6. The van der Waals surface area contributed by atoms with Crippen molar-refractivity contribution in [3.63, 3.8) is 0 Å². The normalized spacial score (nSPS) is 21.2. The number of sulfonamides is 1. The van der Waals surface area contributed by atoms with Gasteiger partial charge in [-0.1, -0.05) is 31.2 Å². The van der Waals surface area contributed by atoms with Crippen LogP contribution in [0.5, 0.6) is 5.75 Å². The van der Waals surface area contributed by atoms with E-state index in [0.29, 0.717) is 0 Å². The lowest BCUT2D eigenvalue weighted by Crippen LogP contribution is -2.50. The van der Waals surface area contributed by atoms with Crippen molar-refractivity contribution in [3.05, 3.63) is 59.9 Å². The number of pyridine rings is 1. The Bertz CT molecular complexity index is 1120. The summed E-state index contributed by atoms with van der Waals surface area (Å²) in [6, 6.07) is 8.02. The molecule has 0 bridgehead atoms. The number of aromatic nitrogens is 1. The Balaban J connectivity index is 1.94. The predicted molar refractivity (Wildman–Crippen MR) is 131 cm³/mol. The number of amides is 1. The Morgan fingerprint density at radius 1 is 1.38 bits per heavy atom. The maximum atomic E-state index is 13.5. The summed E-state index contributed by atoms with van der Waals surface area (Å²) in [5.74, 6) is -0.0757. The molecule has 1 aliphatic rings. The summed E-state index contributed by atoms with van der Waals surface area (Å²) >= 11 is 0. The number of aliphatic hydroxyl groups excluding tert-OH is 1. The van der Waals surface area contributed by atoms with Gasteiger partial charge in [0.25, 0.3) is 0 Å². The van der Waals surface area contributed by atoms with Gasteiger partial charge in [0.1, 0.15) is 16.7 Å². The average molecular weight is 488 g/mol. The molecule has 8 nitrogen and oxygen atoms in total. The van der Waals surface area contributed by atoms with E-state index in [-0.39, 0.29) is 48.6 Å². The van der Waals surface area contributed by atoms with Crippen molar-refractivity contribution in [2.75, 3.05) is 26.7 Å². The van der Waals surface area contributed by atoms with Crippen molar-refractivity contribution in [1.29, 1.82) is 0 Å². The summed E-state index contributed by atoms with van der Waals surface area (Å²) in [6.45, 7) is 5.61. The average Bonchev–Trinajstić information content (AvgIpc) is 2.81. The van der Waals surface area contributed by atoms with Crippen molar-refractivity contribution in [3.8, 4) is 5.75 Å². The fraction of sp³-hybridized carbons (Fsp3) is 0.440. The number of carbonyl (C=O) groups excluding carboxylic acids is 1. The molecule has 0 spiro atoms. The van der Waals surface area contributed by atoms with Gasteiger partial charge >= 0.3 is 0 Å². The largest absolute Gasteiger partial charge is 0.487 e. The summed E-state index contributed by atoms with van der Waals surface area (Å²) < 4.78 is 34.6. The van der Waals surface area contributed by atoms with Crippen LogP contribution >= 0.6 is 0 Å². The first-order valence-electron chi connectivity index (χ1n) is 11.4. The zero-order valence-corrected chi connectivity index (χ0v) is 20.9. The second kappa shape index (κ2) is 11.1. The van der Waals surface area contributed by atoms with Crippen molar-refractivity contribution in [1.82, 2.24) is 14.2 Å². The van der Waals surface area contributed by atoms with Crippen LogP contribution in [0.2, 0.25) is 0 Å². The Morgan fingerprint density at radius 3 is 2.79 bits per heavy atom. The van der Waals surface area contributed by atoms with E-state index in [4.69, 9.17) is 4.74 Å². The lowest BCUT2D eigenvalue weighted by atomic mass is 10.0. The van der Waals surface area contributed by atoms with Gasteiger partial charge in [0.15, 0.2) is 0 Å². The number of ether oxygens (including phenoxy) is 1. The van der Waals surface area contributed by atoms with Gasteiger partial charge in [-0.25, -0.2) is 8.42 Å². The number of likely N-dealkylation sites (N-methyl/N-ethyl adjacent to an activating group) is 1. The molecule has 9 heteroatoms. The molecule has 1 N–H and O–H groups in total. The number of carbonyl (C=O) groups is 1. The van der Waals surface area contributed by atoms with Crippen LogP contribution in [0.4, 0.5) is 0 Å². The maximum absolute atomic E-state index is 13.5. The van der Waals surface area contributed by atoms with Gasteiger partial charge < -0.3 is 14.7 Å². The first-order valence-corrected chi connectivity index (χ1v) is 12.8. The van der Waals surface area contributed by atoms with Crippen molar-refractivity contribution < 1.29 is 23.1 Å². The summed E-state index contributed by atoms with van der Waals surface area (Å²) in [5.41, 5.74) is 1.63. The van der Waals surface area contributed by atoms with Crippen LogP contribution in [0.3, 0.4) is 0 Å². The topological polar surface area (TPSA) is 100 Å². The molecule has 1 aromatic carbocycles. The molecule has 0 saturated carbocycles. The molecule has 1 amide bonds. The zero-order chi connectivity index (χ0) is 24.9. The van der Waals surface area contributed by atoms with Crippen LogP contribution in [0.25, 0.3) is 6.08 Å². The molecule has 2 aromatic rings. The van der Waals surface area contributed by atoms with E-state index in [1.165, 1.54) is 4.31 Å². The Morgan fingerprint density at radius 2 is 2.15 bits per heavy atom. The molecule has 184 valence electrons. The van der Waals surface area contributed by atoms with Gasteiger partial charge in [0.05, 0.1) is 19.6 Å². The second-order valence-corrected chi connectivity index (χ2v) is 10.6. The maximum Gasteiger partial charge on any atom is 0.247 e. The predicted octanol–water partition coefficient (Wildman–Crippen LogP) is 2.58. The van der Waals surface area contributed by atoms with Crippen LogP contribution < -0.4 is 4.74 Å². The number of benzene rings is 1. The van der Waals surface area contributed by atoms with Gasteiger partial charge in [-0.2, -0.15) is 4.31 Å². The van der Waals surface area contributed by atoms with E-state index in [1.807, 2.05) is 32.1 Å². The van der Waals surface area contributed by atoms with Gasteiger partial charge in [-0.3, -0.25) is 9.78 Å². The Labute approximate surface area is 201 Å². The second-order valence-electron chi connectivity index (χ2n) is 8.76. The van der Waals surface area contributed by atoms with Crippen LogP contribution in [-0.2, 0) is 21.2 Å². The van der Waals surface area contributed by atoms with Gasteiger partial charge in [0, 0.05) is 37.9 Å². The summed E-state index contributed by atoms with van der Waals surface area (Å²) in [7, 11) is -2.17. The minimum absolute atomic E-state index is 0.0577. The number of nitrogens with zero attached hydrogens (tertiary/aromatic N) is 3. The van der Waals surface area contributed by atoms with E-state index < -0.39 is 22.2 Å². The Kier molecular flexibility index (Phi) is 8.46. The number of allylic oxidation sites excluding steroid dienone is 1. The molecule has 0 radical (unpaired) electrons. The zero-order valence-electron chi connectivity index (χ0n) is 20.1. The number of rotatable bonds is 7. The fourth-order valence-corrected chi connectivity index (χ4v) is 5.77. The fourth-order valence-electron chi connectivity index (χ4n) is 3.94. The van der Waals surface area contributed by atoms with E-state index in [9.17, 15) is 18.3 Å². The molecular weight excluding hydrogens is 454 g/mol. The Hall–Kier alpha value is -2.75. The molecule has 1 aromatic heterocycles. The highest BCUT2D eigenvalue weighted by atomic mass is 32.2. The third kappa shape index (κ3) is 5.84. The van der Waals surface area contributed by atoms with Gasteiger partial charge in [-0.15, -0.1) is 0 Å². The van der Waals surface area contributed by atoms with Crippen molar-refractivity contribution in [2.45, 2.75) is 44.2 Å². The lowest BCUT2D eigenvalue weighted by molar-refractivity contribution is -0.130. The smallest absolute Gasteiger partial charge is 0.247 e. The summed E-state index contributed by atoms with van der Waals surface area (Å²) in [6.07, 6.45) is 6.82. The van der Waals surface area contributed by atoms with E-state index in [1.54, 1.807) is 55.5 Å². The molecule has 0 fully saturated rings. The minimum Gasteiger partial charge on any atom is -0.487 e. The molecule has 1 aliphatic heterocycles.